The van der Waals surface area contributed by atoms with Crippen LogP contribution in [0.2, 0.25) is 0 Å². The Morgan fingerprint density at radius 2 is 1.90 bits per heavy atom. The number of nitrogens with one attached hydrogen (secondary N) is 3. The molecule has 1 heterocycles. The summed E-state index contributed by atoms with van der Waals surface area (Å²) in [5, 5.41) is 27.0. The van der Waals surface area contributed by atoms with Crippen LogP contribution in [0.25, 0.3) is 6.08 Å². The van der Waals surface area contributed by atoms with Gasteiger partial charge in [-0.2, -0.15) is 0 Å². The molecule has 1 aliphatic rings. The minimum Gasteiger partial charge on any atom is -0.478 e. The summed E-state index contributed by atoms with van der Waals surface area (Å²) in [7, 11) is 0. The second-order valence-electron chi connectivity index (χ2n) is 6.45. The predicted molar refractivity (Wildman–Crippen MR) is 113 cm³/mol. The average Bonchev–Trinajstić information content (AvgIpc) is 2.73. The standard InChI is InChI=1S/C21H20N4O5/c26-18(27)8-6-13-5-7-16(12-17(13)20(29)30)24-19(28)14-3-1-4-15(11-14)25-21-22-9-2-10-23-21/h1,3-8,11-12H,2,9-10H2,(H,24,28)(H,26,27)(H,29,30)(H2,22,23,25)/b8-6+. The molecule has 0 saturated heterocycles. The van der Waals surface area contributed by atoms with Crippen molar-refractivity contribution >= 4 is 41.3 Å². The Labute approximate surface area is 172 Å². The number of carbonyl (C=O) groups is 3. The van der Waals surface area contributed by atoms with E-state index in [1.807, 2.05) is 6.07 Å². The highest BCUT2D eigenvalue weighted by Crippen LogP contribution is 2.19. The number of carboxylic acid groups (broad SMARTS) is 2. The Bertz CT molecular complexity index is 1050. The molecule has 0 atom stereocenters. The summed E-state index contributed by atoms with van der Waals surface area (Å²) in [5.41, 5.74) is 1.44. The van der Waals surface area contributed by atoms with Crippen molar-refractivity contribution in [1.29, 1.82) is 0 Å². The van der Waals surface area contributed by atoms with E-state index in [1.165, 1.54) is 24.3 Å². The number of hydrogen-bond acceptors (Lipinski definition) is 6. The summed E-state index contributed by atoms with van der Waals surface area (Å²) in [4.78, 5) is 39.1. The van der Waals surface area contributed by atoms with Crippen molar-refractivity contribution in [3.63, 3.8) is 0 Å². The van der Waals surface area contributed by atoms with Crippen LogP contribution in [0.4, 0.5) is 11.4 Å². The number of benzene rings is 2. The zero-order chi connectivity index (χ0) is 21.5. The van der Waals surface area contributed by atoms with Gasteiger partial charge >= 0.3 is 11.9 Å². The van der Waals surface area contributed by atoms with Gasteiger partial charge in [0.15, 0.2) is 5.96 Å². The fraction of sp³-hybridized carbons (Fsp3) is 0.143. The predicted octanol–water partition coefficient (Wildman–Crippen LogP) is 2.50. The van der Waals surface area contributed by atoms with Gasteiger partial charge in [-0.3, -0.25) is 9.79 Å². The van der Waals surface area contributed by atoms with Gasteiger partial charge in [-0.05, 0) is 48.4 Å². The van der Waals surface area contributed by atoms with Crippen molar-refractivity contribution in [3.05, 3.63) is 65.2 Å². The number of hydrogen-bond donors (Lipinski definition) is 5. The second kappa shape index (κ2) is 9.37. The van der Waals surface area contributed by atoms with Crippen LogP contribution in [0.15, 0.2) is 53.5 Å². The molecule has 9 nitrogen and oxygen atoms in total. The van der Waals surface area contributed by atoms with E-state index in [0.29, 0.717) is 17.2 Å². The van der Waals surface area contributed by atoms with Crippen LogP contribution < -0.4 is 16.0 Å². The summed E-state index contributed by atoms with van der Waals surface area (Å²) in [5.74, 6) is -2.19. The van der Waals surface area contributed by atoms with Crippen LogP contribution >= 0.6 is 0 Å². The molecule has 5 N–H and O–H groups in total. The van der Waals surface area contributed by atoms with E-state index < -0.39 is 17.8 Å². The Hall–Kier alpha value is -4.14. The van der Waals surface area contributed by atoms with Crippen molar-refractivity contribution in [2.24, 2.45) is 4.99 Å². The molecule has 30 heavy (non-hydrogen) atoms. The number of guanidine groups is 1. The van der Waals surface area contributed by atoms with Gasteiger partial charge in [-0.25, -0.2) is 9.59 Å². The molecule has 2 aromatic rings. The van der Waals surface area contributed by atoms with Crippen molar-refractivity contribution in [1.82, 2.24) is 5.32 Å². The molecule has 0 bridgehead atoms. The maximum atomic E-state index is 12.6. The molecule has 0 fully saturated rings. The summed E-state index contributed by atoms with van der Waals surface area (Å²) in [6.07, 6.45) is 3.01. The van der Waals surface area contributed by atoms with Crippen LogP contribution in [0, 0.1) is 0 Å². The number of carboxylic acids is 2. The van der Waals surface area contributed by atoms with Crippen LogP contribution in [0.3, 0.4) is 0 Å². The lowest BCUT2D eigenvalue weighted by Gasteiger charge is -2.16. The monoisotopic (exact) mass is 408 g/mol. The molecule has 0 aliphatic carbocycles. The molecular weight excluding hydrogens is 388 g/mol. The lowest BCUT2D eigenvalue weighted by atomic mass is 10.1. The van der Waals surface area contributed by atoms with Crippen molar-refractivity contribution < 1.29 is 24.6 Å². The number of anilines is 2. The second-order valence-corrected chi connectivity index (χ2v) is 6.45. The normalized spacial score (nSPS) is 13.3. The largest absolute Gasteiger partial charge is 0.478 e. The van der Waals surface area contributed by atoms with Crippen molar-refractivity contribution in [2.75, 3.05) is 23.7 Å². The van der Waals surface area contributed by atoms with E-state index in [4.69, 9.17) is 5.11 Å². The van der Waals surface area contributed by atoms with Crippen LogP contribution in [0.5, 0.6) is 0 Å². The first kappa shape index (κ1) is 20.6. The quantitative estimate of drug-likeness (QED) is 0.463. The molecule has 0 spiro atoms. The maximum absolute atomic E-state index is 12.6. The first-order chi connectivity index (χ1) is 14.4. The third kappa shape index (κ3) is 5.44. The zero-order valence-electron chi connectivity index (χ0n) is 15.9. The number of aromatic carboxylic acids is 1. The van der Waals surface area contributed by atoms with Gasteiger partial charge in [0.2, 0.25) is 0 Å². The minimum atomic E-state index is -1.23. The number of carbonyl (C=O) groups excluding carboxylic acids is 1. The molecule has 0 saturated carbocycles. The maximum Gasteiger partial charge on any atom is 0.336 e. The van der Waals surface area contributed by atoms with Gasteiger partial charge in [0.1, 0.15) is 0 Å². The first-order valence-corrected chi connectivity index (χ1v) is 9.17. The van der Waals surface area contributed by atoms with Gasteiger partial charge in [-0.15, -0.1) is 0 Å². The summed E-state index contributed by atoms with van der Waals surface area (Å²) in [6.45, 7) is 1.56. The van der Waals surface area contributed by atoms with Gasteiger partial charge in [0.25, 0.3) is 5.91 Å². The molecular formula is C21H20N4O5. The number of nitrogens with zero attached hydrogens (tertiary/aromatic N) is 1. The highest BCUT2D eigenvalue weighted by atomic mass is 16.4. The number of aliphatic carboxylic acids is 1. The molecule has 154 valence electrons. The fourth-order valence-electron chi connectivity index (χ4n) is 2.82. The van der Waals surface area contributed by atoms with Crippen molar-refractivity contribution in [3.8, 4) is 0 Å². The van der Waals surface area contributed by atoms with Crippen LogP contribution in [0.1, 0.15) is 32.7 Å². The Kier molecular flexibility index (Phi) is 6.43. The number of amides is 1. The third-order valence-electron chi connectivity index (χ3n) is 4.23. The molecule has 3 rings (SSSR count). The Morgan fingerprint density at radius 1 is 1.07 bits per heavy atom. The molecule has 1 aliphatic heterocycles. The molecule has 1 amide bonds. The van der Waals surface area contributed by atoms with E-state index in [9.17, 15) is 19.5 Å². The van der Waals surface area contributed by atoms with E-state index in [0.717, 1.165) is 25.6 Å². The zero-order valence-corrected chi connectivity index (χ0v) is 15.9. The molecule has 9 heteroatoms. The smallest absolute Gasteiger partial charge is 0.336 e. The van der Waals surface area contributed by atoms with E-state index in [1.54, 1.807) is 18.2 Å². The number of aliphatic imine (C=N–C) groups is 1. The highest BCUT2D eigenvalue weighted by molar-refractivity contribution is 6.06. The summed E-state index contributed by atoms with van der Waals surface area (Å²) in [6, 6.07) is 11.1. The van der Waals surface area contributed by atoms with Gasteiger partial charge < -0.3 is 26.2 Å². The third-order valence-corrected chi connectivity index (χ3v) is 4.23. The lowest BCUT2D eigenvalue weighted by molar-refractivity contribution is -0.131. The molecule has 0 aromatic heterocycles. The average molecular weight is 408 g/mol. The lowest BCUT2D eigenvalue weighted by Crippen LogP contribution is -2.35. The molecule has 0 radical (unpaired) electrons. The van der Waals surface area contributed by atoms with Crippen molar-refractivity contribution in [2.45, 2.75) is 6.42 Å². The van der Waals surface area contributed by atoms with Gasteiger partial charge in [0, 0.05) is 36.1 Å². The minimum absolute atomic E-state index is 0.123. The number of rotatable bonds is 6. The summed E-state index contributed by atoms with van der Waals surface area (Å²) >= 11 is 0. The van der Waals surface area contributed by atoms with E-state index in [2.05, 4.69) is 20.9 Å². The Morgan fingerprint density at radius 3 is 2.60 bits per heavy atom. The SMILES string of the molecule is O=C(O)/C=C/c1ccc(NC(=O)c2cccc(NC3=NCCCN3)c2)cc1C(=O)O. The highest BCUT2D eigenvalue weighted by Gasteiger charge is 2.13. The van der Waals surface area contributed by atoms with Crippen LogP contribution in [-0.4, -0.2) is 47.1 Å². The van der Waals surface area contributed by atoms with Gasteiger partial charge in [0.05, 0.1) is 5.56 Å². The summed E-state index contributed by atoms with van der Waals surface area (Å²) < 4.78 is 0. The van der Waals surface area contributed by atoms with E-state index >= 15 is 0 Å². The molecule has 2 aromatic carbocycles. The topological polar surface area (TPSA) is 140 Å². The fourth-order valence-corrected chi connectivity index (χ4v) is 2.82. The van der Waals surface area contributed by atoms with Gasteiger partial charge in [-0.1, -0.05) is 12.1 Å². The molecule has 0 unspecified atom stereocenters. The first-order valence-electron chi connectivity index (χ1n) is 9.17. The van der Waals surface area contributed by atoms with E-state index in [-0.39, 0.29) is 16.8 Å². The van der Waals surface area contributed by atoms with Crippen LogP contribution in [-0.2, 0) is 4.79 Å². The Balaban J connectivity index is 1.76.